The molecule has 0 saturated heterocycles. The minimum Gasteiger partial charge on any atom is -0.481 e. The van der Waals surface area contributed by atoms with Gasteiger partial charge in [-0.05, 0) is 0 Å². The van der Waals surface area contributed by atoms with Crippen LogP contribution in [0.3, 0.4) is 0 Å². The Balaban J connectivity index is 3.46. The molecule has 0 aromatic carbocycles. The highest BCUT2D eigenvalue weighted by Gasteiger charge is 2.08. The van der Waals surface area contributed by atoms with Crippen LogP contribution in [0.1, 0.15) is 12.8 Å². The Morgan fingerprint density at radius 3 is 2.46 bits per heavy atom. The smallest absolute Gasteiger partial charge is 0.305 e. The molecule has 4 N–H and O–H groups in total. The van der Waals surface area contributed by atoms with Gasteiger partial charge in [-0.3, -0.25) is 9.59 Å². The number of amides is 1. The molecular weight excluding hydrogens is 178 g/mol. The molecule has 0 spiro atoms. The van der Waals surface area contributed by atoms with Crippen molar-refractivity contribution in [3.05, 3.63) is 0 Å². The van der Waals surface area contributed by atoms with Crippen molar-refractivity contribution in [2.75, 3.05) is 13.2 Å². The Morgan fingerprint density at radius 2 is 2.00 bits per heavy atom. The molecule has 0 heterocycles. The van der Waals surface area contributed by atoms with Gasteiger partial charge in [0, 0.05) is 6.54 Å². The SMILES string of the molecule is O=C(O)CCNC(=O)CC(O)CO. The third-order valence-electron chi connectivity index (χ3n) is 1.29. The van der Waals surface area contributed by atoms with Gasteiger partial charge >= 0.3 is 5.97 Å². The maximum absolute atomic E-state index is 10.8. The lowest BCUT2D eigenvalue weighted by Crippen LogP contribution is -2.30. The molecule has 6 nitrogen and oxygen atoms in total. The van der Waals surface area contributed by atoms with Crippen LogP contribution < -0.4 is 5.32 Å². The van der Waals surface area contributed by atoms with E-state index in [-0.39, 0.29) is 19.4 Å². The molecule has 6 heteroatoms. The molecule has 1 amide bonds. The highest BCUT2D eigenvalue weighted by molar-refractivity contribution is 5.77. The van der Waals surface area contributed by atoms with Crippen LogP contribution in [0.4, 0.5) is 0 Å². The summed E-state index contributed by atoms with van der Waals surface area (Å²) in [6.07, 6.45) is -1.44. The minimum atomic E-state index is -1.08. The zero-order valence-electron chi connectivity index (χ0n) is 7.06. The van der Waals surface area contributed by atoms with Gasteiger partial charge in [-0.2, -0.15) is 0 Å². The third-order valence-corrected chi connectivity index (χ3v) is 1.29. The Hall–Kier alpha value is -1.14. The Labute approximate surface area is 75.2 Å². The van der Waals surface area contributed by atoms with Gasteiger partial charge in [0.2, 0.25) is 5.91 Å². The number of carbonyl (C=O) groups excluding carboxylic acids is 1. The van der Waals surface area contributed by atoms with Crippen molar-refractivity contribution in [1.29, 1.82) is 0 Å². The van der Waals surface area contributed by atoms with E-state index in [1.54, 1.807) is 0 Å². The second-order valence-corrected chi connectivity index (χ2v) is 2.53. The van der Waals surface area contributed by atoms with Crippen LogP contribution >= 0.6 is 0 Å². The fraction of sp³-hybridized carbons (Fsp3) is 0.714. The number of carboxylic acids is 1. The van der Waals surface area contributed by atoms with Crippen LogP contribution in [-0.2, 0) is 9.59 Å². The van der Waals surface area contributed by atoms with E-state index in [0.717, 1.165) is 0 Å². The fourth-order valence-electron chi connectivity index (χ4n) is 0.660. The molecule has 0 radical (unpaired) electrons. The van der Waals surface area contributed by atoms with E-state index in [9.17, 15) is 9.59 Å². The Bertz CT molecular complexity index is 182. The molecule has 0 aromatic rings. The maximum atomic E-state index is 10.8. The number of aliphatic carboxylic acids is 1. The summed E-state index contributed by atoms with van der Waals surface area (Å²) in [5.74, 6) is -1.47. The molecule has 76 valence electrons. The van der Waals surface area contributed by atoms with Gasteiger partial charge < -0.3 is 20.6 Å². The van der Waals surface area contributed by atoms with E-state index in [1.165, 1.54) is 0 Å². The molecule has 0 aliphatic heterocycles. The van der Waals surface area contributed by atoms with Crippen molar-refractivity contribution in [3.63, 3.8) is 0 Å². The van der Waals surface area contributed by atoms with Crippen molar-refractivity contribution in [2.45, 2.75) is 18.9 Å². The number of aliphatic hydroxyl groups excluding tert-OH is 2. The number of rotatable bonds is 6. The van der Waals surface area contributed by atoms with Crippen LogP contribution in [0, 0.1) is 0 Å². The lowest BCUT2D eigenvalue weighted by atomic mass is 10.2. The average Bonchev–Trinajstić information content (AvgIpc) is 2.03. The van der Waals surface area contributed by atoms with E-state index in [1.807, 2.05) is 0 Å². The number of carboxylic acid groups (broad SMARTS) is 1. The molecular formula is C7H13NO5. The van der Waals surface area contributed by atoms with Gasteiger partial charge in [-0.15, -0.1) is 0 Å². The molecule has 0 bridgehead atoms. The van der Waals surface area contributed by atoms with Crippen LogP contribution in [0.15, 0.2) is 0 Å². The highest BCUT2D eigenvalue weighted by atomic mass is 16.4. The molecule has 0 fully saturated rings. The van der Waals surface area contributed by atoms with E-state index in [0.29, 0.717) is 0 Å². The molecule has 13 heavy (non-hydrogen) atoms. The summed E-state index contributed by atoms with van der Waals surface area (Å²) in [5, 5.41) is 27.7. The van der Waals surface area contributed by atoms with Crippen molar-refractivity contribution in [1.82, 2.24) is 5.32 Å². The first-order valence-corrected chi connectivity index (χ1v) is 3.83. The van der Waals surface area contributed by atoms with Gasteiger partial charge in [0.1, 0.15) is 0 Å². The zero-order chi connectivity index (χ0) is 10.3. The van der Waals surface area contributed by atoms with Gasteiger partial charge in [0.15, 0.2) is 0 Å². The second kappa shape index (κ2) is 6.38. The molecule has 0 saturated carbocycles. The Morgan fingerprint density at radius 1 is 1.38 bits per heavy atom. The lowest BCUT2D eigenvalue weighted by Gasteiger charge is -2.06. The minimum absolute atomic E-state index is 0.0340. The van der Waals surface area contributed by atoms with Crippen LogP contribution in [0.2, 0.25) is 0 Å². The molecule has 0 aliphatic rings. The fourth-order valence-corrected chi connectivity index (χ4v) is 0.660. The van der Waals surface area contributed by atoms with Crippen molar-refractivity contribution in [3.8, 4) is 0 Å². The normalized spacial score (nSPS) is 12.2. The summed E-state index contributed by atoms with van der Waals surface area (Å²) in [4.78, 5) is 20.8. The van der Waals surface area contributed by atoms with Crippen LogP contribution in [0.5, 0.6) is 0 Å². The molecule has 1 atom stereocenters. The first kappa shape index (κ1) is 11.9. The standard InChI is InChI=1S/C7H13NO5/c9-4-5(10)3-6(11)8-2-1-7(12)13/h5,9-10H,1-4H2,(H,8,11)(H,12,13). The van der Waals surface area contributed by atoms with Gasteiger partial charge in [-0.1, -0.05) is 0 Å². The first-order chi connectivity index (χ1) is 6.06. The topological polar surface area (TPSA) is 107 Å². The van der Waals surface area contributed by atoms with Gasteiger partial charge in [-0.25, -0.2) is 0 Å². The van der Waals surface area contributed by atoms with E-state index < -0.39 is 24.6 Å². The van der Waals surface area contributed by atoms with Crippen LogP contribution in [0.25, 0.3) is 0 Å². The average molecular weight is 191 g/mol. The summed E-state index contributed by atoms with van der Waals surface area (Å²) in [6.45, 7) is -0.446. The largest absolute Gasteiger partial charge is 0.481 e. The monoisotopic (exact) mass is 191 g/mol. The van der Waals surface area contributed by atoms with Crippen molar-refractivity contribution >= 4 is 11.9 Å². The van der Waals surface area contributed by atoms with Crippen molar-refractivity contribution in [2.24, 2.45) is 0 Å². The molecule has 0 rings (SSSR count). The van der Waals surface area contributed by atoms with Gasteiger partial charge in [0.05, 0.1) is 25.6 Å². The summed E-state index contributed by atoms with van der Waals surface area (Å²) < 4.78 is 0. The summed E-state index contributed by atoms with van der Waals surface area (Å²) in [7, 11) is 0. The Kier molecular flexibility index (Phi) is 5.82. The predicted molar refractivity (Wildman–Crippen MR) is 43.0 cm³/mol. The lowest BCUT2D eigenvalue weighted by molar-refractivity contribution is -0.136. The van der Waals surface area contributed by atoms with E-state index in [2.05, 4.69) is 5.32 Å². The number of aliphatic hydroxyl groups is 2. The number of carbonyl (C=O) groups is 2. The quantitative estimate of drug-likeness (QED) is 0.401. The van der Waals surface area contributed by atoms with E-state index in [4.69, 9.17) is 15.3 Å². The zero-order valence-corrected chi connectivity index (χ0v) is 7.06. The summed E-state index contributed by atoms with van der Waals surface area (Å²) in [6, 6.07) is 0. The highest BCUT2D eigenvalue weighted by Crippen LogP contribution is 1.89. The molecule has 0 aromatic heterocycles. The maximum Gasteiger partial charge on any atom is 0.305 e. The number of hydrogen-bond donors (Lipinski definition) is 4. The second-order valence-electron chi connectivity index (χ2n) is 2.53. The first-order valence-electron chi connectivity index (χ1n) is 3.83. The van der Waals surface area contributed by atoms with E-state index >= 15 is 0 Å². The number of nitrogens with one attached hydrogen (secondary N) is 1. The molecule has 0 aliphatic carbocycles. The molecule has 1 unspecified atom stereocenters. The predicted octanol–water partition coefficient (Wildman–Crippen LogP) is -1.68. The van der Waals surface area contributed by atoms with Gasteiger partial charge in [0.25, 0.3) is 0 Å². The van der Waals surface area contributed by atoms with Crippen LogP contribution in [-0.4, -0.2) is 46.5 Å². The van der Waals surface area contributed by atoms with Crippen molar-refractivity contribution < 1.29 is 24.9 Å². The summed E-state index contributed by atoms with van der Waals surface area (Å²) >= 11 is 0. The third kappa shape index (κ3) is 7.23. The summed E-state index contributed by atoms with van der Waals surface area (Å²) in [5.41, 5.74) is 0. The number of hydrogen-bond acceptors (Lipinski definition) is 4.